The Morgan fingerprint density at radius 1 is 1.44 bits per heavy atom. The SMILES string of the molecule is CCCCNC(=S)NCCc1ccnn1C. The summed E-state index contributed by atoms with van der Waals surface area (Å²) >= 11 is 5.15. The molecule has 0 saturated heterocycles. The fourth-order valence-electron chi connectivity index (χ4n) is 1.39. The molecule has 0 amide bonds. The third-order valence-electron chi connectivity index (χ3n) is 2.41. The van der Waals surface area contributed by atoms with Gasteiger partial charge in [0.2, 0.25) is 0 Å². The van der Waals surface area contributed by atoms with Gasteiger partial charge in [-0.05, 0) is 24.7 Å². The Morgan fingerprint density at radius 3 is 2.81 bits per heavy atom. The van der Waals surface area contributed by atoms with E-state index in [0.717, 1.165) is 31.0 Å². The molecule has 1 aromatic heterocycles. The van der Waals surface area contributed by atoms with Crippen LogP contribution >= 0.6 is 12.2 Å². The second kappa shape index (κ2) is 7.22. The van der Waals surface area contributed by atoms with Crippen LogP contribution in [0.25, 0.3) is 0 Å². The molecule has 0 aliphatic rings. The Bertz CT molecular complexity index is 322. The normalized spacial score (nSPS) is 10.1. The highest BCUT2D eigenvalue weighted by Crippen LogP contribution is 1.95. The summed E-state index contributed by atoms with van der Waals surface area (Å²) in [7, 11) is 1.95. The maximum atomic E-state index is 5.15. The molecule has 0 aromatic carbocycles. The van der Waals surface area contributed by atoms with E-state index in [9.17, 15) is 0 Å². The standard InChI is InChI=1S/C11H20N4S/c1-3-4-7-12-11(16)13-8-5-10-6-9-14-15(10)2/h6,9H,3-5,7-8H2,1-2H3,(H2,12,13,16). The van der Waals surface area contributed by atoms with Crippen molar-refractivity contribution in [2.45, 2.75) is 26.2 Å². The third-order valence-corrected chi connectivity index (χ3v) is 2.69. The first-order chi connectivity index (χ1) is 7.74. The van der Waals surface area contributed by atoms with E-state index >= 15 is 0 Å². The molecule has 0 atom stereocenters. The van der Waals surface area contributed by atoms with Crippen LogP contribution in [0.1, 0.15) is 25.5 Å². The maximum absolute atomic E-state index is 5.15. The largest absolute Gasteiger partial charge is 0.363 e. The number of nitrogens with zero attached hydrogens (tertiary/aromatic N) is 2. The molecule has 0 spiro atoms. The van der Waals surface area contributed by atoms with E-state index in [1.54, 1.807) is 0 Å². The first-order valence-electron chi connectivity index (χ1n) is 5.72. The average Bonchev–Trinajstić information content (AvgIpc) is 2.65. The number of unbranched alkanes of at least 4 members (excludes halogenated alkanes) is 1. The topological polar surface area (TPSA) is 41.9 Å². The smallest absolute Gasteiger partial charge is 0.166 e. The van der Waals surface area contributed by atoms with E-state index in [4.69, 9.17) is 12.2 Å². The van der Waals surface area contributed by atoms with Gasteiger partial charge in [-0.3, -0.25) is 4.68 Å². The Labute approximate surface area is 102 Å². The van der Waals surface area contributed by atoms with Crippen molar-refractivity contribution in [1.82, 2.24) is 20.4 Å². The molecule has 0 aliphatic heterocycles. The molecule has 1 heterocycles. The lowest BCUT2D eigenvalue weighted by atomic mass is 10.3. The van der Waals surface area contributed by atoms with Crippen molar-refractivity contribution in [2.24, 2.45) is 7.05 Å². The highest BCUT2D eigenvalue weighted by Gasteiger charge is 1.98. The molecule has 1 aromatic rings. The molecule has 90 valence electrons. The Hall–Kier alpha value is -1.10. The van der Waals surface area contributed by atoms with Gasteiger partial charge in [-0.25, -0.2) is 0 Å². The maximum Gasteiger partial charge on any atom is 0.166 e. The van der Waals surface area contributed by atoms with Gasteiger partial charge >= 0.3 is 0 Å². The van der Waals surface area contributed by atoms with E-state index in [-0.39, 0.29) is 0 Å². The van der Waals surface area contributed by atoms with Crippen LogP contribution in [0.3, 0.4) is 0 Å². The zero-order valence-corrected chi connectivity index (χ0v) is 10.8. The number of aromatic nitrogens is 2. The number of aryl methyl sites for hydroxylation is 1. The summed E-state index contributed by atoms with van der Waals surface area (Å²) in [6, 6.07) is 2.02. The predicted molar refractivity (Wildman–Crippen MR) is 70.4 cm³/mol. The van der Waals surface area contributed by atoms with Crippen LogP contribution in [0.5, 0.6) is 0 Å². The molecule has 0 radical (unpaired) electrons. The van der Waals surface area contributed by atoms with Crippen LogP contribution in [0.2, 0.25) is 0 Å². The fourth-order valence-corrected chi connectivity index (χ4v) is 1.60. The zero-order chi connectivity index (χ0) is 11.8. The number of nitrogens with one attached hydrogen (secondary N) is 2. The molecular formula is C11H20N4S. The molecule has 0 fully saturated rings. The predicted octanol–water partition coefficient (Wildman–Crippen LogP) is 1.23. The van der Waals surface area contributed by atoms with Gasteiger partial charge in [0.15, 0.2) is 5.11 Å². The van der Waals surface area contributed by atoms with E-state index in [0.29, 0.717) is 0 Å². The van der Waals surface area contributed by atoms with Gasteiger partial charge < -0.3 is 10.6 Å². The first kappa shape index (κ1) is 13.0. The highest BCUT2D eigenvalue weighted by molar-refractivity contribution is 7.80. The van der Waals surface area contributed by atoms with Crippen LogP contribution in [0, 0.1) is 0 Å². The van der Waals surface area contributed by atoms with Crippen molar-refractivity contribution in [3.63, 3.8) is 0 Å². The Kier molecular flexibility index (Phi) is 5.85. The van der Waals surface area contributed by atoms with Gasteiger partial charge in [-0.1, -0.05) is 13.3 Å². The lowest BCUT2D eigenvalue weighted by Crippen LogP contribution is -2.36. The van der Waals surface area contributed by atoms with Gasteiger partial charge in [0.05, 0.1) is 0 Å². The Morgan fingerprint density at radius 2 is 2.19 bits per heavy atom. The van der Waals surface area contributed by atoms with Crippen LogP contribution in [-0.2, 0) is 13.5 Å². The summed E-state index contributed by atoms with van der Waals surface area (Å²) in [5.74, 6) is 0. The molecular weight excluding hydrogens is 220 g/mol. The van der Waals surface area contributed by atoms with Crippen molar-refractivity contribution < 1.29 is 0 Å². The molecule has 0 bridgehead atoms. The number of hydrogen-bond donors (Lipinski definition) is 2. The first-order valence-corrected chi connectivity index (χ1v) is 6.13. The molecule has 2 N–H and O–H groups in total. The summed E-state index contributed by atoms with van der Waals surface area (Å²) in [5, 5.41) is 11.2. The van der Waals surface area contributed by atoms with E-state index < -0.39 is 0 Å². The summed E-state index contributed by atoms with van der Waals surface area (Å²) in [6.45, 7) is 3.96. The third kappa shape index (κ3) is 4.61. The van der Waals surface area contributed by atoms with Crippen molar-refractivity contribution in [1.29, 1.82) is 0 Å². The minimum absolute atomic E-state index is 0.746. The highest BCUT2D eigenvalue weighted by atomic mass is 32.1. The molecule has 0 saturated carbocycles. The lowest BCUT2D eigenvalue weighted by molar-refractivity contribution is 0.688. The van der Waals surface area contributed by atoms with Gasteiger partial charge in [0.1, 0.15) is 0 Å². The summed E-state index contributed by atoms with van der Waals surface area (Å²) in [4.78, 5) is 0. The molecule has 4 nitrogen and oxygen atoms in total. The molecule has 0 aliphatic carbocycles. The summed E-state index contributed by atoms with van der Waals surface area (Å²) in [6.07, 6.45) is 5.09. The van der Waals surface area contributed by atoms with Crippen molar-refractivity contribution in [3.8, 4) is 0 Å². The lowest BCUT2D eigenvalue weighted by Gasteiger charge is -2.09. The Balaban J connectivity index is 2.11. The number of thiocarbonyl (C=S) groups is 1. The van der Waals surface area contributed by atoms with Crippen LogP contribution in [-0.4, -0.2) is 28.0 Å². The monoisotopic (exact) mass is 240 g/mol. The van der Waals surface area contributed by atoms with Gasteiger partial charge in [-0.2, -0.15) is 5.10 Å². The van der Waals surface area contributed by atoms with Crippen LogP contribution in [0.15, 0.2) is 12.3 Å². The van der Waals surface area contributed by atoms with Crippen molar-refractivity contribution in [3.05, 3.63) is 18.0 Å². The number of hydrogen-bond acceptors (Lipinski definition) is 2. The fraction of sp³-hybridized carbons (Fsp3) is 0.636. The second-order valence-corrected chi connectivity index (χ2v) is 4.14. The van der Waals surface area contributed by atoms with Gasteiger partial charge in [-0.15, -0.1) is 0 Å². The molecule has 16 heavy (non-hydrogen) atoms. The van der Waals surface area contributed by atoms with Gasteiger partial charge in [0.25, 0.3) is 0 Å². The minimum atomic E-state index is 0.746. The van der Waals surface area contributed by atoms with Crippen molar-refractivity contribution in [2.75, 3.05) is 13.1 Å². The summed E-state index contributed by atoms with van der Waals surface area (Å²) in [5.41, 5.74) is 1.21. The van der Waals surface area contributed by atoms with E-state index in [1.807, 2.05) is 24.0 Å². The second-order valence-electron chi connectivity index (χ2n) is 3.73. The molecule has 5 heteroatoms. The summed E-state index contributed by atoms with van der Waals surface area (Å²) < 4.78 is 1.88. The molecule has 0 unspecified atom stereocenters. The quantitative estimate of drug-likeness (QED) is 0.580. The minimum Gasteiger partial charge on any atom is -0.363 e. The van der Waals surface area contributed by atoms with E-state index in [2.05, 4.69) is 22.7 Å². The zero-order valence-electron chi connectivity index (χ0n) is 9.99. The van der Waals surface area contributed by atoms with Gasteiger partial charge in [0, 0.05) is 38.4 Å². The number of rotatable bonds is 6. The van der Waals surface area contributed by atoms with Crippen LogP contribution in [0.4, 0.5) is 0 Å². The molecule has 1 rings (SSSR count). The van der Waals surface area contributed by atoms with E-state index in [1.165, 1.54) is 12.1 Å². The average molecular weight is 240 g/mol. The van der Waals surface area contributed by atoms with Crippen LogP contribution < -0.4 is 10.6 Å². The van der Waals surface area contributed by atoms with Crippen molar-refractivity contribution >= 4 is 17.3 Å².